The number of fused-ring (bicyclic) bond motifs is 10. The lowest BCUT2D eigenvalue weighted by Crippen LogP contribution is -2.31. The van der Waals surface area contributed by atoms with Gasteiger partial charge in [0.05, 0.1) is 6.61 Å². The fraction of sp³-hybridized carbons (Fsp3) is 0.870. The van der Waals surface area contributed by atoms with E-state index in [2.05, 4.69) is 39.1 Å². The average molecular weight is 381 g/mol. The molecule has 3 aliphatic rings. The molecule has 0 spiro atoms. The zero-order chi connectivity index (χ0) is 19.2. The van der Waals surface area contributed by atoms with Crippen LogP contribution in [0.2, 0.25) is 0 Å². The smallest absolute Gasteiger partial charge is 0.333 e. The monoisotopic (exact) mass is 380 g/mol. The Bertz CT molecular complexity index is 461. The number of esters is 1. The summed E-state index contributed by atoms with van der Waals surface area (Å²) in [6, 6.07) is 0. The average Bonchev–Trinajstić information content (AvgIpc) is 2.52. The number of carbonyl (C=O) groups excluding carboxylic acids is 1. The lowest BCUT2D eigenvalue weighted by atomic mass is 9.70. The van der Waals surface area contributed by atoms with Gasteiger partial charge in [-0.1, -0.05) is 40.2 Å². The molecule has 150 valence electrons. The van der Waals surface area contributed by atoms with E-state index in [0.717, 1.165) is 18.3 Å². The number of ether oxygens (including phenoxy) is 1. The van der Waals surface area contributed by atoms with Gasteiger partial charge >= 0.3 is 5.97 Å². The topological polar surface area (TPSA) is 26.3 Å². The maximum Gasteiger partial charge on any atom is 0.333 e. The van der Waals surface area contributed by atoms with Crippen LogP contribution >= 0.6 is 11.8 Å². The van der Waals surface area contributed by atoms with E-state index >= 15 is 0 Å². The van der Waals surface area contributed by atoms with Gasteiger partial charge in [0.15, 0.2) is 0 Å². The summed E-state index contributed by atoms with van der Waals surface area (Å²) in [6.07, 6.45) is 10.6. The fourth-order valence-corrected chi connectivity index (χ4v) is 6.70. The highest BCUT2D eigenvalue weighted by atomic mass is 32.2. The van der Waals surface area contributed by atoms with Crippen molar-refractivity contribution < 1.29 is 9.53 Å². The Labute approximate surface area is 165 Å². The third-order valence-electron chi connectivity index (χ3n) is 6.58. The van der Waals surface area contributed by atoms with Crippen LogP contribution in [0.4, 0.5) is 0 Å². The Morgan fingerprint density at radius 1 is 1.19 bits per heavy atom. The molecule has 2 saturated heterocycles. The van der Waals surface area contributed by atoms with Gasteiger partial charge in [0, 0.05) is 5.57 Å². The largest absolute Gasteiger partial charge is 0.462 e. The van der Waals surface area contributed by atoms with Crippen LogP contribution in [-0.4, -0.2) is 24.1 Å². The second kappa shape index (κ2) is 10.2. The van der Waals surface area contributed by atoms with Crippen LogP contribution in [0.25, 0.3) is 0 Å². The summed E-state index contributed by atoms with van der Waals surface area (Å²) < 4.78 is 5.47. The van der Waals surface area contributed by atoms with Crippen LogP contribution in [0.5, 0.6) is 0 Å². The maximum atomic E-state index is 11.8. The zero-order valence-corrected chi connectivity index (χ0v) is 18.3. The van der Waals surface area contributed by atoms with Crippen molar-refractivity contribution in [2.24, 2.45) is 29.1 Å². The first-order valence-electron chi connectivity index (χ1n) is 10.7. The summed E-state index contributed by atoms with van der Waals surface area (Å²) in [7, 11) is 0. The minimum Gasteiger partial charge on any atom is -0.462 e. The molecule has 1 aliphatic carbocycles. The van der Waals surface area contributed by atoms with Crippen molar-refractivity contribution in [2.45, 2.75) is 79.1 Å². The van der Waals surface area contributed by atoms with Crippen LogP contribution in [0.3, 0.4) is 0 Å². The van der Waals surface area contributed by atoms with Gasteiger partial charge in [0.25, 0.3) is 0 Å². The van der Waals surface area contributed by atoms with Crippen LogP contribution in [0.1, 0.15) is 79.1 Å². The molecule has 0 radical (unpaired) electrons. The molecule has 0 aromatic heterocycles. The highest BCUT2D eigenvalue weighted by Gasteiger charge is 2.33. The van der Waals surface area contributed by atoms with E-state index in [9.17, 15) is 4.79 Å². The number of hydrogen-bond donors (Lipinski definition) is 0. The number of rotatable bonds is 4. The van der Waals surface area contributed by atoms with Crippen molar-refractivity contribution in [1.29, 1.82) is 0 Å². The molecule has 0 aromatic rings. The van der Waals surface area contributed by atoms with Crippen molar-refractivity contribution >= 4 is 17.7 Å². The molecule has 3 fully saturated rings. The SMILES string of the molecule is C=C(C)C(=O)OCCC1C(C)CC(C)(C)CCCC2CCCC1CSC2. The van der Waals surface area contributed by atoms with E-state index in [-0.39, 0.29) is 5.97 Å². The fourth-order valence-electron chi connectivity index (χ4n) is 5.18. The van der Waals surface area contributed by atoms with Gasteiger partial charge in [-0.2, -0.15) is 11.8 Å². The van der Waals surface area contributed by atoms with E-state index in [1.54, 1.807) is 6.92 Å². The van der Waals surface area contributed by atoms with E-state index < -0.39 is 0 Å². The van der Waals surface area contributed by atoms with E-state index in [0.29, 0.717) is 29.4 Å². The van der Waals surface area contributed by atoms with Gasteiger partial charge in [0.2, 0.25) is 0 Å². The third kappa shape index (κ3) is 6.94. The second-order valence-electron chi connectivity index (χ2n) is 9.70. The van der Waals surface area contributed by atoms with E-state index in [1.165, 1.54) is 56.5 Å². The Morgan fingerprint density at radius 3 is 2.65 bits per heavy atom. The van der Waals surface area contributed by atoms with Gasteiger partial charge in [-0.25, -0.2) is 4.79 Å². The maximum absolute atomic E-state index is 11.8. The van der Waals surface area contributed by atoms with Crippen LogP contribution < -0.4 is 0 Å². The van der Waals surface area contributed by atoms with Gasteiger partial charge in [0.1, 0.15) is 0 Å². The normalized spacial score (nSPS) is 32.8. The molecule has 0 amide bonds. The summed E-state index contributed by atoms with van der Waals surface area (Å²) >= 11 is 2.19. The predicted molar refractivity (Wildman–Crippen MR) is 113 cm³/mol. The first-order chi connectivity index (χ1) is 12.3. The molecule has 4 unspecified atom stereocenters. The van der Waals surface area contributed by atoms with Crippen LogP contribution in [0, 0.1) is 29.1 Å². The summed E-state index contributed by atoms with van der Waals surface area (Å²) in [5.41, 5.74) is 0.928. The van der Waals surface area contributed by atoms with E-state index in [4.69, 9.17) is 4.74 Å². The molecule has 26 heavy (non-hydrogen) atoms. The van der Waals surface area contributed by atoms with Crippen LogP contribution in [-0.2, 0) is 9.53 Å². The summed E-state index contributed by atoms with van der Waals surface area (Å²) in [4.78, 5) is 11.8. The molecule has 0 N–H and O–H groups in total. The number of thioether (sulfide) groups is 1. The van der Waals surface area contributed by atoms with Gasteiger partial charge in [-0.15, -0.1) is 0 Å². The second-order valence-corrected chi connectivity index (χ2v) is 10.8. The molecule has 3 rings (SSSR count). The zero-order valence-electron chi connectivity index (χ0n) is 17.5. The molecule has 2 bridgehead atoms. The molecular formula is C23H40O2S. The summed E-state index contributed by atoms with van der Waals surface area (Å²) in [6.45, 7) is 13.3. The number of carbonyl (C=O) groups is 1. The van der Waals surface area contributed by atoms with Crippen molar-refractivity contribution in [3.63, 3.8) is 0 Å². The summed E-state index contributed by atoms with van der Waals surface area (Å²) in [5, 5.41) is 0. The highest BCUT2D eigenvalue weighted by molar-refractivity contribution is 7.99. The molecule has 3 heteroatoms. The molecule has 2 nitrogen and oxygen atoms in total. The lowest BCUT2D eigenvalue weighted by molar-refractivity contribution is -0.139. The van der Waals surface area contributed by atoms with Gasteiger partial charge in [-0.05, 0) is 86.0 Å². The molecule has 0 aromatic carbocycles. The van der Waals surface area contributed by atoms with E-state index in [1.807, 2.05) is 0 Å². The van der Waals surface area contributed by atoms with Crippen molar-refractivity contribution in [1.82, 2.24) is 0 Å². The standard InChI is InChI=1S/C23H40O2S/c1-17(2)22(24)25-13-11-21-18(3)14-23(4,5)12-7-9-19-8-6-10-20(21)16-26-15-19/h18-21H,1,6-16H2,2-5H3. The third-order valence-corrected chi connectivity index (χ3v) is 7.95. The Balaban J connectivity index is 2.08. The summed E-state index contributed by atoms with van der Waals surface area (Å²) in [5.74, 6) is 5.46. The lowest BCUT2D eigenvalue weighted by Gasteiger charge is -2.39. The molecule has 2 aliphatic heterocycles. The Hall–Kier alpha value is -0.440. The molecular weight excluding hydrogens is 340 g/mol. The molecule has 2 heterocycles. The first kappa shape index (κ1) is 21.9. The number of hydrogen-bond acceptors (Lipinski definition) is 3. The molecule has 4 atom stereocenters. The van der Waals surface area contributed by atoms with Crippen molar-refractivity contribution in [2.75, 3.05) is 18.1 Å². The quantitative estimate of drug-likeness (QED) is 0.411. The first-order valence-corrected chi connectivity index (χ1v) is 11.8. The van der Waals surface area contributed by atoms with Crippen molar-refractivity contribution in [3.05, 3.63) is 12.2 Å². The Morgan fingerprint density at radius 2 is 1.92 bits per heavy atom. The highest BCUT2D eigenvalue weighted by Crippen LogP contribution is 2.42. The Kier molecular flexibility index (Phi) is 8.57. The minimum absolute atomic E-state index is 0.235. The minimum atomic E-state index is -0.235. The van der Waals surface area contributed by atoms with Gasteiger partial charge < -0.3 is 4.74 Å². The van der Waals surface area contributed by atoms with Crippen molar-refractivity contribution in [3.8, 4) is 0 Å². The molecule has 1 saturated carbocycles. The van der Waals surface area contributed by atoms with Crippen LogP contribution in [0.15, 0.2) is 12.2 Å². The van der Waals surface area contributed by atoms with Gasteiger partial charge in [-0.3, -0.25) is 0 Å². The predicted octanol–water partition coefficient (Wildman–Crippen LogP) is 6.50.